The fourth-order valence-electron chi connectivity index (χ4n) is 2.59. The standard InChI is InChI=1S/C17H21N3O2S/c1-12-19-15(11-23-12)10-22-16-4-2-3-13(9-16)17(21)20-14-5-7-18-8-6-14/h2-4,9,11,14,18H,5-8,10H2,1H3,(H,20,21). The minimum atomic E-state index is -0.0353. The predicted molar refractivity (Wildman–Crippen MR) is 91.0 cm³/mol. The van der Waals surface area contributed by atoms with Crippen LogP contribution in [0.1, 0.15) is 33.9 Å². The molecule has 0 bridgehead atoms. The first-order valence-electron chi connectivity index (χ1n) is 7.86. The van der Waals surface area contributed by atoms with Crippen LogP contribution in [0, 0.1) is 6.92 Å². The number of amides is 1. The third-order valence-electron chi connectivity index (χ3n) is 3.82. The molecule has 0 saturated carbocycles. The van der Waals surface area contributed by atoms with Gasteiger partial charge in [0.15, 0.2) is 0 Å². The lowest BCUT2D eigenvalue weighted by molar-refractivity contribution is 0.0929. The van der Waals surface area contributed by atoms with Gasteiger partial charge in [-0.25, -0.2) is 4.98 Å². The SMILES string of the molecule is Cc1nc(COc2cccc(C(=O)NC3CCNCC3)c2)cs1. The second-order valence-electron chi connectivity index (χ2n) is 5.67. The maximum atomic E-state index is 12.3. The average Bonchev–Trinajstić information content (AvgIpc) is 3.00. The average molecular weight is 331 g/mol. The molecule has 1 aliphatic rings. The zero-order chi connectivity index (χ0) is 16.1. The van der Waals surface area contributed by atoms with E-state index in [0.29, 0.717) is 17.9 Å². The first-order valence-corrected chi connectivity index (χ1v) is 8.74. The number of hydrogen-bond acceptors (Lipinski definition) is 5. The number of nitrogens with one attached hydrogen (secondary N) is 2. The van der Waals surface area contributed by atoms with Crippen molar-refractivity contribution in [2.75, 3.05) is 13.1 Å². The molecular weight excluding hydrogens is 310 g/mol. The summed E-state index contributed by atoms with van der Waals surface area (Å²) in [7, 11) is 0. The van der Waals surface area contributed by atoms with Crippen LogP contribution in [-0.2, 0) is 6.61 Å². The Hall–Kier alpha value is -1.92. The summed E-state index contributed by atoms with van der Waals surface area (Å²) in [5.74, 6) is 0.653. The van der Waals surface area contributed by atoms with Gasteiger partial charge in [0.05, 0.1) is 10.7 Å². The molecule has 0 atom stereocenters. The van der Waals surface area contributed by atoms with Gasteiger partial charge in [-0.2, -0.15) is 0 Å². The fraction of sp³-hybridized carbons (Fsp3) is 0.412. The number of nitrogens with zero attached hydrogens (tertiary/aromatic N) is 1. The summed E-state index contributed by atoms with van der Waals surface area (Å²) in [6.07, 6.45) is 1.95. The number of aryl methyl sites for hydroxylation is 1. The highest BCUT2D eigenvalue weighted by Crippen LogP contribution is 2.17. The number of hydrogen-bond donors (Lipinski definition) is 2. The molecule has 2 heterocycles. The van der Waals surface area contributed by atoms with E-state index >= 15 is 0 Å². The van der Waals surface area contributed by atoms with Gasteiger partial charge >= 0.3 is 0 Å². The molecule has 0 spiro atoms. The maximum Gasteiger partial charge on any atom is 0.251 e. The van der Waals surface area contributed by atoms with Crippen molar-refractivity contribution in [2.24, 2.45) is 0 Å². The minimum absolute atomic E-state index is 0.0353. The molecule has 122 valence electrons. The molecule has 2 aromatic rings. The molecule has 1 aliphatic heterocycles. The lowest BCUT2D eigenvalue weighted by Gasteiger charge is -2.23. The second kappa shape index (κ2) is 7.57. The van der Waals surface area contributed by atoms with Gasteiger partial charge in [-0.05, 0) is 51.1 Å². The molecule has 23 heavy (non-hydrogen) atoms. The van der Waals surface area contributed by atoms with Crippen LogP contribution in [0.25, 0.3) is 0 Å². The van der Waals surface area contributed by atoms with E-state index in [0.717, 1.165) is 36.6 Å². The Morgan fingerprint density at radius 2 is 2.26 bits per heavy atom. The molecule has 1 aromatic carbocycles. The topological polar surface area (TPSA) is 63.2 Å². The van der Waals surface area contributed by atoms with E-state index in [1.165, 1.54) is 0 Å². The Balaban J connectivity index is 1.58. The first kappa shape index (κ1) is 16.0. The third-order valence-corrected chi connectivity index (χ3v) is 4.65. The zero-order valence-corrected chi connectivity index (χ0v) is 14.0. The molecule has 5 nitrogen and oxygen atoms in total. The molecule has 2 N–H and O–H groups in total. The van der Waals surface area contributed by atoms with Crippen LogP contribution in [0.2, 0.25) is 0 Å². The van der Waals surface area contributed by atoms with E-state index in [2.05, 4.69) is 15.6 Å². The molecule has 3 rings (SSSR count). The van der Waals surface area contributed by atoms with Crippen molar-refractivity contribution < 1.29 is 9.53 Å². The van der Waals surface area contributed by atoms with Crippen molar-refractivity contribution in [3.63, 3.8) is 0 Å². The number of rotatable bonds is 5. The van der Waals surface area contributed by atoms with E-state index in [-0.39, 0.29) is 11.9 Å². The van der Waals surface area contributed by atoms with Crippen LogP contribution < -0.4 is 15.4 Å². The van der Waals surface area contributed by atoms with Crippen LogP contribution in [0.3, 0.4) is 0 Å². The largest absolute Gasteiger partial charge is 0.487 e. The molecule has 0 aliphatic carbocycles. The third kappa shape index (κ3) is 4.53. The highest BCUT2D eigenvalue weighted by molar-refractivity contribution is 7.09. The van der Waals surface area contributed by atoms with Crippen molar-refractivity contribution in [3.05, 3.63) is 45.9 Å². The van der Waals surface area contributed by atoms with E-state index < -0.39 is 0 Å². The second-order valence-corrected chi connectivity index (χ2v) is 6.73. The molecule has 1 amide bonds. The van der Waals surface area contributed by atoms with Crippen molar-refractivity contribution in [3.8, 4) is 5.75 Å². The quantitative estimate of drug-likeness (QED) is 0.884. The highest BCUT2D eigenvalue weighted by Gasteiger charge is 2.16. The highest BCUT2D eigenvalue weighted by atomic mass is 32.1. The van der Waals surface area contributed by atoms with Gasteiger partial charge in [0.2, 0.25) is 0 Å². The smallest absolute Gasteiger partial charge is 0.251 e. The first-order chi connectivity index (χ1) is 11.2. The van der Waals surface area contributed by atoms with Gasteiger partial charge in [-0.3, -0.25) is 4.79 Å². The number of ether oxygens (including phenoxy) is 1. The molecule has 1 saturated heterocycles. The predicted octanol–water partition coefficient (Wildman–Crippen LogP) is 2.51. The lowest BCUT2D eigenvalue weighted by Crippen LogP contribution is -2.42. The molecule has 6 heteroatoms. The van der Waals surface area contributed by atoms with Crippen molar-refractivity contribution in [1.82, 2.24) is 15.6 Å². The number of carbonyl (C=O) groups is 1. The molecular formula is C17H21N3O2S. The number of piperidine rings is 1. The van der Waals surface area contributed by atoms with Crippen LogP contribution in [0.15, 0.2) is 29.6 Å². The Morgan fingerprint density at radius 3 is 3.00 bits per heavy atom. The van der Waals surface area contributed by atoms with Gasteiger partial charge < -0.3 is 15.4 Å². The zero-order valence-electron chi connectivity index (χ0n) is 13.2. The Morgan fingerprint density at radius 1 is 1.43 bits per heavy atom. The van der Waals surface area contributed by atoms with Gasteiger partial charge in [0.1, 0.15) is 12.4 Å². The van der Waals surface area contributed by atoms with Gasteiger partial charge in [0.25, 0.3) is 5.91 Å². The molecule has 0 unspecified atom stereocenters. The molecule has 0 radical (unpaired) electrons. The number of benzene rings is 1. The number of carbonyl (C=O) groups excluding carboxylic acids is 1. The maximum absolute atomic E-state index is 12.3. The molecule has 1 aromatic heterocycles. The normalized spacial score (nSPS) is 15.3. The van der Waals surface area contributed by atoms with E-state index in [9.17, 15) is 4.79 Å². The number of aromatic nitrogens is 1. The van der Waals surface area contributed by atoms with Crippen LogP contribution >= 0.6 is 11.3 Å². The summed E-state index contributed by atoms with van der Waals surface area (Å²) < 4.78 is 5.74. The van der Waals surface area contributed by atoms with Crippen LogP contribution in [-0.4, -0.2) is 30.0 Å². The van der Waals surface area contributed by atoms with Gasteiger partial charge in [0, 0.05) is 17.0 Å². The summed E-state index contributed by atoms with van der Waals surface area (Å²) in [6.45, 7) is 4.31. The lowest BCUT2D eigenvalue weighted by atomic mass is 10.1. The summed E-state index contributed by atoms with van der Waals surface area (Å²) in [4.78, 5) is 16.7. The molecule has 1 fully saturated rings. The Kier molecular flexibility index (Phi) is 5.25. The van der Waals surface area contributed by atoms with Crippen LogP contribution in [0.4, 0.5) is 0 Å². The Labute approximate surface area is 140 Å². The summed E-state index contributed by atoms with van der Waals surface area (Å²) in [5.41, 5.74) is 1.55. The van der Waals surface area contributed by atoms with E-state index in [1.807, 2.05) is 30.5 Å². The van der Waals surface area contributed by atoms with E-state index in [4.69, 9.17) is 4.74 Å². The van der Waals surface area contributed by atoms with Crippen molar-refractivity contribution in [2.45, 2.75) is 32.4 Å². The van der Waals surface area contributed by atoms with E-state index in [1.54, 1.807) is 17.4 Å². The Bertz CT molecular complexity index is 665. The van der Waals surface area contributed by atoms with Gasteiger partial charge in [-0.15, -0.1) is 11.3 Å². The van der Waals surface area contributed by atoms with Gasteiger partial charge in [-0.1, -0.05) is 6.07 Å². The monoisotopic (exact) mass is 331 g/mol. The van der Waals surface area contributed by atoms with Crippen molar-refractivity contribution >= 4 is 17.2 Å². The van der Waals surface area contributed by atoms with Crippen LogP contribution in [0.5, 0.6) is 5.75 Å². The van der Waals surface area contributed by atoms with Crippen molar-refractivity contribution in [1.29, 1.82) is 0 Å². The fourth-order valence-corrected chi connectivity index (χ4v) is 3.19. The summed E-state index contributed by atoms with van der Waals surface area (Å²) in [5, 5.41) is 9.40. The number of thiazole rings is 1. The summed E-state index contributed by atoms with van der Waals surface area (Å²) in [6, 6.07) is 7.57. The summed E-state index contributed by atoms with van der Waals surface area (Å²) >= 11 is 1.61. The minimum Gasteiger partial charge on any atom is -0.487 e.